The van der Waals surface area contributed by atoms with Crippen molar-refractivity contribution in [2.45, 2.75) is 6.10 Å². The van der Waals surface area contributed by atoms with Crippen molar-refractivity contribution in [2.24, 2.45) is 0 Å². The van der Waals surface area contributed by atoms with Crippen LogP contribution in [0.2, 0.25) is 0 Å². The Morgan fingerprint density at radius 2 is 1.88 bits per heavy atom. The van der Waals surface area contributed by atoms with E-state index in [0.717, 1.165) is 10.7 Å². The fourth-order valence-corrected chi connectivity index (χ4v) is 2.01. The molecule has 1 unspecified atom stereocenters. The molecule has 0 aromatic heterocycles. The normalized spacial score (nSPS) is 13.1. The van der Waals surface area contributed by atoms with Gasteiger partial charge < -0.3 is 5.32 Å². The maximum atomic E-state index is 11.6. The second kappa shape index (κ2) is 5.61. The third kappa shape index (κ3) is 4.45. The molecule has 17 heavy (non-hydrogen) atoms. The van der Waals surface area contributed by atoms with E-state index in [4.69, 9.17) is 4.18 Å². The van der Waals surface area contributed by atoms with Crippen LogP contribution >= 0.6 is 15.9 Å². The van der Waals surface area contributed by atoms with Crippen molar-refractivity contribution in [2.75, 3.05) is 13.3 Å². The summed E-state index contributed by atoms with van der Waals surface area (Å²) < 4.78 is 27.8. The molecule has 0 saturated heterocycles. The van der Waals surface area contributed by atoms with E-state index in [1.807, 2.05) is 0 Å². The SMILES string of the molecule is CNC(=O)C(OS(C)(=O)=O)c1ccc(Br)cc1. The van der Waals surface area contributed by atoms with Crippen LogP contribution < -0.4 is 5.32 Å². The van der Waals surface area contributed by atoms with Crippen LogP contribution in [0.3, 0.4) is 0 Å². The maximum Gasteiger partial charge on any atom is 0.265 e. The molecule has 1 N–H and O–H groups in total. The highest BCUT2D eigenvalue weighted by Crippen LogP contribution is 2.21. The van der Waals surface area contributed by atoms with E-state index in [9.17, 15) is 13.2 Å². The van der Waals surface area contributed by atoms with Crippen molar-refractivity contribution < 1.29 is 17.4 Å². The number of carbonyl (C=O) groups excluding carboxylic acids is 1. The summed E-state index contributed by atoms with van der Waals surface area (Å²) in [5, 5.41) is 2.36. The van der Waals surface area contributed by atoms with E-state index < -0.39 is 22.1 Å². The molecule has 0 spiro atoms. The van der Waals surface area contributed by atoms with Gasteiger partial charge in [-0.15, -0.1) is 0 Å². The smallest absolute Gasteiger partial charge is 0.265 e. The minimum absolute atomic E-state index is 0.470. The lowest BCUT2D eigenvalue weighted by Crippen LogP contribution is -2.29. The molecule has 0 aliphatic heterocycles. The third-order valence-electron chi connectivity index (χ3n) is 1.93. The van der Waals surface area contributed by atoms with E-state index in [-0.39, 0.29) is 0 Å². The third-order valence-corrected chi connectivity index (χ3v) is 3.00. The van der Waals surface area contributed by atoms with Crippen molar-refractivity contribution in [3.63, 3.8) is 0 Å². The average molecular weight is 322 g/mol. The van der Waals surface area contributed by atoms with Gasteiger partial charge in [-0.3, -0.25) is 8.98 Å². The molecular formula is C10H12BrNO4S. The zero-order chi connectivity index (χ0) is 13.1. The lowest BCUT2D eigenvalue weighted by molar-refractivity contribution is -0.127. The number of rotatable bonds is 4. The molecule has 1 aromatic carbocycles. The molecular weight excluding hydrogens is 310 g/mol. The highest BCUT2D eigenvalue weighted by atomic mass is 79.9. The summed E-state index contributed by atoms with van der Waals surface area (Å²) in [5.74, 6) is -0.516. The lowest BCUT2D eigenvalue weighted by atomic mass is 10.1. The Morgan fingerprint density at radius 3 is 2.29 bits per heavy atom. The van der Waals surface area contributed by atoms with Crippen LogP contribution in [0.15, 0.2) is 28.7 Å². The molecule has 0 aliphatic carbocycles. The first-order valence-electron chi connectivity index (χ1n) is 4.69. The highest BCUT2D eigenvalue weighted by Gasteiger charge is 2.24. The summed E-state index contributed by atoms with van der Waals surface area (Å²) in [6, 6.07) is 6.65. The Bertz CT molecular complexity index is 498. The molecule has 1 rings (SSSR count). The molecule has 1 aromatic rings. The van der Waals surface area contributed by atoms with Gasteiger partial charge in [-0.05, 0) is 17.7 Å². The molecule has 7 heteroatoms. The Morgan fingerprint density at radius 1 is 1.35 bits per heavy atom. The summed E-state index contributed by atoms with van der Waals surface area (Å²) in [6.07, 6.45) is -0.259. The van der Waals surface area contributed by atoms with Crippen LogP contribution in [-0.4, -0.2) is 27.6 Å². The Hall–Kier alpha value is -0.920. The van der Waals surface area contributed by atoms with Crippen LogP contribution in [0.1, 0.15) is 11.7 Å². The standard InChI is InChI=1S/C10H12BrNO4S/c1-12-10(13)9(16-17(2,14)15)7-3-5-8(11)6-4-7/h3-6,9H,1-2H3,(H,12,13). The van der Waals surface area contributed by atoms with E-state index in [1.54, 1.807) is 24.3 Å². The molecule has 1 amide bonds. The van der Waals surface area contributed by atoms with Crippen molar-refractivity contribution in [1.29, 1.82) is 0 Å². The summed E-state index contributed by atoms with van der Waals surface area (Å²) in [5.41, 5.74) is 0.470. The molecule has 0 aliphatic rings. The second-order valence-corrected chi connectivity index (χ2v) is 5.86. The van der Waals surface area contributed by atoms with Gasteiger partial charge in [0.15, 0.2) is 6.10 Å². The van der Waals surface area contributed by atoms with Gasteiger partial charge in [0.2, 0.25) is 0 Å². The van der Waals surface area contributed by atoms with Gasteiger partial charge in [-0.25, -0.2) is 0 Å². The molecule has 0 saturated carbocycles. The van der Waals surface area contributed by atoms with Crippen molar-refractivity contribution in [3.8, 4) is 0 Å². The zero-order valence-corrected chi connectivity index (χ0v) is 11.7. The van der Waals surface area contributed by atoms with E-state index >= 15 is 0 Å². The lowest BCUT2D eigenvalue weighted by Gasteiger charge is -2.15. The summed E-state index contributed by atoms with van der Waals surface area (Å²) in [7, 11) is -2.29. The van der Waals surface area contributed by atoms with Gasteiger partial charge in [0, 0.05) is 11.5 Å². The number of halogens is 1. The van der Waals surface area contributed by atoms with Crippen molar-refractivity contribution in [3.05, 3.63) is 34.3 Å². The predicted octanol–water partition coefficient (Wildman–Crippen LogP) is 1.21. The fraction of sp³-hybridized carbons (Fsp3) is 0.300. The van der Waals surface area contributed by atoms with E-state index in [0.29, 0.717) is 5.56 Å². The summed E-state index contributed by atoms with van der Waals surface area (Å²) in [6.45, 7) is 0. The molecule has 5 nitrogen and oxygen atoms in total. The number of hydrogen-bond acceptors (Lipinski definition) is 4. The monoisotopic (exact) mass is 321 g/mol. The highest BCUT2D eigenvalue weighted by molar-refractivity contribution is 9.10. The summed E-state index contributed by atoms with van der Waals surface area (Å²) >= 11 is 3.25. The average Bonchev–Trinajstić information content (AvgIpc) is 2.25. The van der Waals surface area contributed by atoms with Gasteiger partial charge in [0.05, 0.1) is 6.26 Å². The van der Waals surface area contributed by atoms with E-state index in [2.05, 4.69) is 21.2 Å². The van der Waals surface area contributed by atoms with Crippen LogP contribution in [0, 0.1) is 0 Å². The van der Waals surface area contributed by atoms with Gasteiger partial charge in [-0.1, -0.05) is 28.1 Å². The minimum atomic E-state index is -3.71. The predicted molar refractivity (Wildman–Crippen MR) is 66.9 cm³/mol. The summed E-state index contributed by atoms with van der Waals surface area (Å²) in [4.78, 5) is 11.6. The number of carbonyl (C=O) groups is 1. The first-order valence-corrected chi connectivity index (χ1v) is 7.30. The number of benzene rings is 1. The van der Waals surface area contributed by atoms with E-state index in [1.165, 1.54) is 7.05 Å². The van der Waals surface area contributed by atoms with Gasteiger partial charge >= 0.3 is 0 Å². The van der Waals surface area contributed by atoms with Crippen LogP contribution in [0.25, 0.3) is 0 Å². The van der Waals surface area contributed by atoms with Gasteiger partial charge in [-0.2, -0.15) is 8.42 Å². The largest absolute Gasteiger partial charge is 0.357 e. The fourth-order valence-electron chi connectivity index (χ4n) is 1.19. The van der Waals surface area contributed by atoms with Crippen molar-refractivity contribution in [1.82, 2.24) is 5.32 Å². The molecule has 0 heterocycles. The molecule has 0 radical (unpaired) electrons. The zero-order valence-electron chi connectivity index (χ0n) is 9.31. The second-order valence-electron chi connectivity index (χ2n) is 3.35. The number of hydrogen-bond donors (Lipinski definition) is 1. The van der Waals surface area contributed by atoms with Crippen LogP contribution in [-0.2, 0) is 19.1 Å². The molecule has 0 bridgehead atoms. The number of likely N-dealkylation sites (N-methyl/N-ethyl adjacent to an activating group) is 1. The Balaban J connectivity index is 3.06. The first kappa shape index (κ1) is 14.1. The maximum absolute atomic E-state index is 11.6. The van der Waals surface area contributed by atoms with Crippen LogP contribution in [0.5, 0.6) is 0 Å². The number of nitrogens with one attached hydrogen (secondary N) is 1. The first-order chi connectivity index (χ1) is 7.83. The number of amides is 1. The molecule has 94 valence electrons. The van der Waals surface area contributed by atoms with Crippen LogP contribution in [0.4, 0.5) is 0 Å². The quantitative estimate of drug-likeness (QED) is 0.846. The van der Waals surface area contributed by atoms with Crippen molar-refractivity contribution >= 4 is 32.0 Å². The molecule has 0 fully saturated rings. The van der Waals surface area contributed by atoms with Gasteiger partial charge in [0.1, 0.15) is 0 Å². The van der Waals surface area contributed by atoms with Gasteiger partial charge in [0.25, 0.3) is 16.0 Å². The molecule has 1 atom stereocenters. The Kier molecular flexibility index (Phi) is 4.67. The Labute approximate surface area is 108 Å². The topological polar surface area (TPSA) is 72.5 Å². The minimum Gasteiger partial charge on any atom is -0.357 e.